The van der Waals surface area contributed by atoms with Crippen LogP contribution < -0.4 is 4.72 Å². The first-order valence-corrected chi connectivity index (χ1v) is 11.6. The number of hydrogen-bond donors (Lipinski definition) is 2. The number of aromatic nitrogens is 2. The van der Waals surface area contributed by atoms with Gasteiger partial charge in [0, 0.05) is 30.1 Å². The first-order chi connectivity index (χ1) is 15.1. The van der Waals surface area contributed by atoms with Crippen molar-refractivity contribution in [2.24, 2.45) is 7.05 Å². The van der Waals surface area contributed by atoms with Crippen molar-refractivity contribution in [3.63, 3.8) is 0 Å². The van der Waals surface area contributed by atoms with Gasteiger partial charge in [-0.15, -0.1) is 0 Å². The summed E-state index contributed by atoms with van der Waals surface area (Å²) in [5.74, 6) is -1.11. The van der Waals surface area contributed by atoms with Gasteiger partial charge in [-0.3, -0.25) is 9.71 Å². The molecule has 0 aliphatic heterocycles. The molecule has 0 bridgehead atoms. The molecule has 0 fully saturated rings. The number of carbonyl (C=O) groups is 1. The van der Waals surface area contributed by atoms with Crippen LogP contribution >= 0.6 is 0 Å². The highest BCUT2D eigenvalue weighted by atomic mass is 32.2. The van der Waals surface area contributed by atoms with Gasteiger partial charge in [0.15, 0.2) is 0 Å². The molecule has 9 heteroatoms. The normalized spacial score (nSPS) is 11.4. The van der Waals surface area contributed by atoms with Gasteiger partial charge in [-0.2, -0.15) is 0 Å². The van der Waals surface area contributed by atoms with Gasteiger partial charge in [0.2, 0.25) is 15.7 Å². The largest absolute Gasteiger partial charge is 0.477 e. The number of pyridine rings is 1. The number of hydrogen-bond acceptors (Lipinski definition) is 4. The van der Waals surface area contributed by atoms with Crippen LogP contribution in [0.3, 0.4) is 0 Å². The van der Waals surface area contributed by atoms with E-state index in [1.165, 1.54) is 0 Å². The lowest BCUT2D eigenvalue weighted by Crippen LogP contribution is -2.22. The minimum atomic E-state index is -3.55. The molecule has 2 N–H and O–H groups in total. The van der Waals surface area contributed by atoms with Crippen LogP contribution in [-0.2, 0) is 23.5 Å². The van der Waals surface area contributed by atoms with Gasteiger partial charge in [-0.25, -0.2) is 18.1 Å². The van der Waals surface area contributed by atoms with E-state index in [2.05, 4.69) is 14.6 Å². The molecule has 3 rings (SSSR count). The van der Waals surface area contributed by atoms with Gasteiger partial charge in [0.25, 0.3) is 0 Å². The van der Waals surface area contributed by atoms with Crippen molar-refractivity contribution in [3.05, 3.63) is 65.4 Å². The molecule has 0 saturated heterocycles. The van der Waals surface area contributed by atoms with Crippen LogP contribution in [-0.4, -0.2) is 34.3 Å². The summed E-state index contributed by atoms with van der Waals surface area (Å²) in [6, 6.07) is 10.2. The van der Waals surface area contributed by atoms with Gasteiger partial charge >= 0.3 is 5.97 Å². The summed E-state index contributed by atoms with van der Waals surface area (Å²) in [6.07, 6.45) is 2.10. The molecule has 0 atom stereocenters. The quantitative estimate of drug-likeness (QED) is 0.505. The molecule has 32 heavy (non-hydrogen) atoms. The zero-order valence-electron chi connectivity index (χ0n) is 18.2. The minimum absolute atomic E-state index is 0.0591. The van der Waals surface area contributed by atoms with Crippen LogP contribution in [0.1, 0.15) is 37.0 Å². The lowest BCUT2D eigenvalue weighted by Gasteiger charge is -2.14. The van der Waals surface area contributed by atoms with E-state index in [-0.39, 0.29) is 5.69 Å². The predicted octanol–water partition coefficient (Wildman–Crippen LogP) is 4.72. The summed E-state index contributed by atoms with van der Waals surface area (Å²) in [5, 5.41) is 9.15. The summed E-state index contributed by atoms with van der Waals surface area (Å²) >= 11 is 0. The standard InChI is InChI=1S/C23H24N4O4S/c1-6-18-21(24-4)19(22(23(28)29)27(18)5)15-9-11-16(12-10-15)20-17(8-7-13-25-20)26-32(30,31)14(2)3/h7-14,26H,6H2,1-3,5H3,(H,28,29). The van der Waals surface area contributed by atoms with Gasteiger partial charge in [-0.05, 0) is 38.0 Å². The van der Waals surface area contributed by atoms with Crippen LogP contribution in [0.25, 0.3) is 27.2 Å². The zero-order chi connectivity index (χ0) is 23.6. The first-order valence-electron chi connectivity index (χ1n) is 10.0. The van der Waals surface area contributed by atoms with E-state index < -0.39 is 21.2 Å². The third kappa shape index (κ3) is 4.09. The van der Waals surface area contributed by atoms with Crippen LogP contribution in [0.5, 0.6) is 0 Å². The predicted molar refractivity (Wildman–Crippen MR) is 124 cm³/mol. The molecule has 166 valence electrons. The topological polar surface area (TPSA) is 106 Å². The van der Waals surface area contributed by atoms with Crippen LogP contribution in [0.2, 0.25) is 0 Å². The highest BCUT2D eigenvalue weighted by Crippen LogP contribution is 2.40. The van der Waals surface area contributed by atoms with Gasteiger partial charge in [-0.1, -0.05) is 31.2 Å². The molecule has 2 aromatic heterocycles. The molecule has 0 aliphatic rings. The molecule has 0 unspecified atom stereocenters. The summed E-state index contributed by atoms with van der Waals surface area (Å²) in [7, 11) is -1.90. The van der Waals surface area contributed by atoms with E-state index in [0.29, 0.717) is 45.9 Å². The fraction of sp³-hybridized carbons (Fsp3) is 0.261. The molecular formula is C23H24N4O4S. The highest BCUT2D eigenvalue weighted by Gasteiger charge is 2.26. The number of nitrogens with one attached hydrogen (secondary N) is 1. The van der Waals surface area contributed by atoms with E-state index in [4.69, 9.17) is 6.57 Å². The molecule has 0 radical (unpaired) electrons. The van der Waals surface area contributed by atoms with E-state index >= 15 is 0 Å². The molecule has 1 aromatic carbocycles. The van der Waals surface area contributed by atoms with Crippen LogP contribution in [0.4, 0.5) is 11.4 Å². The van der Waals surface area contributed by atoms with Crippen molar-refractivity contribution in [1.29, 1.82) is 0 Å². The fourth-order valence-electron chi connectivity index (χ4n) is 3.55. The lowest BCUT2D eigenvalue weighted by molar-refractivity contribution is 0.0687. The Labute approximate surface area is 187 Å². The van der Waals surface area contributed by atoms with Crippen molar-refractivity contribution < 1.29 is 18.3 Å². The van der Waals surface area contributed by atoms with E-state index in [1.807, 2.05) is 6.92 Å². The van der Waals surface area contributed by atoms with Crippen molar-refractivity contribution in [3.8, 4) is 22.4 Å². The van der Waals surface area contributed by atoms with E-state index in [9.17, 15) is 18.3 Å². The Hall–Kier alpha value is -3.64. The van der Waals surface area contributed by atoms with Gasteiger partial charge < -0.3 is 9.67 Å². The van der Waals surface area contributed by atoms with Crippen molar-refractivity contribution in [2.75, 3.05) is 4.72 Å². The Morgan fingerprint density at radius 3 is 2.38 bits per heavy atom. The Morgan fingerprint density at radius 2 is 1.84 bits per heavy atom. The Bertz CT molecular complexity index is 1320. The Morgan fingerprint density at radius 1 is 1.22 bits per heavy atom. The molecule has 0 spiro atoms. The smallest absolute Gasteiger partial charge is 0.351 e. The summed E-state index contributed by atoms with van der Waals surface area (Å²) in [4.78, 5) is 19.9. The molecule has 3 aromatic rings. The summed E-state index contributed by atoms with van der Waals surface area (Å²) in [5.41, 5.74) is 3.47. The molecule has 0 saturated carbocycles. The summed E-state index contributed by atoms with van der Waals surface area (Å²) < 4.78 is 28.8. The average molecular weight is 453 g/mol. The maximum atomic E-state index is 12.3. The average Bonchev–Trinajstić information content (AvgIpc) is 3.05. The van der Waals surface area contributed by atoms with Crippen molar-refractivity contribution in [1.82, 2.24) is 9.55 Å². The maximum absolute atomic E-state index is 12.3. The zero-order valence-corrected chi connectivity index (χ0v) is 19.1. The molecule has 2 heterocycles. The number of sulfonamides is 1. The summed E-state index contributed by atoms with van der Waals surface area (Å²) in [6.45, 7) is 12.7. The molecule has 0 aliphatic carbocycles. The second-order valence-corrected chi connectivity index (χ2v) is 9.76. The minimum Gasteiger partial charge on any atom is -0.477 e. The molecule has 8 nitrogen and oxygen atoms in total. The van der Waals surface area contributed by atoms with E-state index in [1.54, 1.807) is 68.1 Å². The monoisotopic (exact) mass is 452 g/mol. The van der Waals surface area contributed by atoms with Crippen molar-refractivity contribution >= 4 is 27.4 Å². The van der Waals surface area contributed by atoms with E-state index in [0.717, 1.165) is 0 Å². The third-order valence-electron chi connectivity index (χ3n) is 5.26. The number of nitrogens with zero attached hydrogens (tertiary/aromatic N) is 3. The second kappa shape index (κ2) is 8.85. The van der Waals surface area contributed by atoms with Crippen LogP contribution in [0.15, 0.2) is 42.6 Å². The lowest BCUT2D eigenvalue weighted by atomic mass is 10.0. The second-order valence-electron chi connectivity index (χ2n) is 7.52. The molecule has 0 amide bonds. The van der Waals surface area contributed by atoms with Gasteiger partial charge in [0.1, 0.15) is 5.69 Å². The highest BCUT2D eigenvalue weighted by molar-refractivity contribution is 7.93. The fourth-order valence-corrected chi connectivity index (χ4v) is 4.26. The molecular weight excluding hydrogens is 428 g/mol. The number of rotatable bonds is 7. The maximum Gasteiger partial charge on any atom is 0.351 e. The number of benzene rings is 1. The number of carboxylic acid groups (broad SMARTS) is 1. The number of aromatic carboxylic acids is 1. The number of carboxylic acids is 1. The van der Waals surface area contributed by atoms with Gasteiger partial charge in [0.05, 0.1) is 23.2 Å². The van der Waals surface area contributed by atoms with Crippen LogP contribution in [0, 0.1) is 6.57 Å². The Kier molecular flexibility index (Phi) is 6.37. The SMILES string of the molecule is [C-]#[N+]c1c(-c2ccc(-c3ncccc3NS(=O)(=O)C(C)C)cc2)c(C(=O)O)n(C)c1CC. The Balaban J connectivity index is 2.11. The number of anilines is 1. The third-order valence-corrected chi connectivity index (χ3v) is 7.01. The van der Waals surface area contributed by atoms with Crippen molar-refractivity contribution in [2.45, 2.75) is 32.4 Å². The first kappa shape index (κ1) is 23.0.